The van der Waals surface area contributed by atoms with E-state index < -0.39 is 16.9 Å². The topological polar surface area (TPSA) is 87.7 Å². The van der Waals surface area contributed by atoms with E-state index in [0.717, 1.165) is 36.0 Å². The second kappa shape index (κ2) is 8.01. The van der Waals surface area contributed by atoms with Crippen LogP contribution in [-0.2, 0) is 27.0 Å². The Bertz CT molecular complexity index is 1520. The maximum absolute atomic E-state index is 14.6. The van der Waals surface area contributed by atoms with Crippen LogP contribution in [0.4, 0.5) is 11.4 Å². The first-order valence-electron chi connectivity index (χ1n) is 13.3. The quantitative estimate of drug-likeness (QED) is 0.515. The third-order valence-corrected chi connectivity index (χ3v) is 9.23. The van der Waals surface area contributed by atoms with Crippen molar-refractivity contribution in [2.24, 2.45) is 5.92 Å². The highest BCUT2D eigenvalue weighted by Gasteiger charge is 2.81. The first kappa shape index (κ1) is 23.2. The number of ketones is 1. The molecular weight excluding hydrogens is 478 g/mol. The van der Waals surface area contributed by atoms with E-state index >= 15 is 0 Å². The number of carbonyl (C=O) groups is 3. The van der Waals surface area contributed by atoms with Crippen molar-refractivity contribution in [1.82, 2.24) is 4.90 Å². The summed E-state index contributed by atoms with van der Waals surface area (Å²) in [6.07, 6.45) is 2.39. The van der Waals surface area contributed by atoms with Gasteiger partial charge in [0.1, 0.15) is 16.7 Å². The van der Waals surface area contributed by atoms with E-state index in [0.29, 0.717) is 29.2 Å². The van der Waals surface area contributed by atoms with Crippen LogP contribution in [0.1, 0.15) is 46.8 Å². The van der Waals surface area contributed by atoms with Crippen LogP contribution < -0.4 is 15.4 Å². The molecule has 192 valence electrons. The Kier molecular flexibility index (Phi) is 4.89. The second-order valence-corrected chi connectivity index (χ2v) is 10.7. The summed E-state index contributed by atoms with van der Waals surface area (Å²) in [5.74, 6) is -0.735. The molecule has 7 nitrogen and oxygen atoms in total. The molecule has 0 aliphatic carbocycles. The van der Waals surface area contributed by atoms with Crippen LogP contribution in [0, 0.1) is 5.92 Å². The summed E-state index contributed by atoms with van der Waals surface area (Å²) in [5.41, 5.74) is 1.73. The van der Waals surface area contributed by atoms with Gasteiger partial charge in [-0.3, -0.25) is 19.3 Å². The van der Waals surface area contributed by atoms with Crippen LogP contribution >= 0.6 is 0 Å². The van der Waals surface area contributed by atoms with Crippen molar-refractivity contribution < 1.29 is 19.1 Å². The number of para-hydroxylation sites is 1. The molecular formula is C31H29N3O4. The fourth-order valence-electron chi connectivity index (χ4n) is 7.78. The van der Waals surface area contributed by atoms with Crippen LogP contribution in [0.2, 0.25) is 0 Å². The largest absolute Gasteiger partial charge is 0.497 e. The average molecular weight is 508 g/mol. The molecule has 4 heterocycles. The minimum atomic E-state index is -1.42. The van der Waals surface area contributed by atoms with Gasteiger partial charge in [0.25, 0.3) is 5.91 Å². The van der Waals surface area contributed by atoms with Gasteiger partial charge in [-0.15, -0.1) is 0 Å². The molecule has 2 fully saturated rings. The molecule has 3 aromatic carbocycles. The lowest BCUT2D eigenvalue weighted by Gasteiger charge is -2.43. The van der Waals surface area contributed by atoms with Crippen molar-refractivity contribution in [1.29, 1.82) is 0 Å². The van der Waals surface area contributed by atoms with E-state index in [1.165, 1.54) is 0 Å². The lowest BCUT2D eigenvalue weighted by Crippen LogP contribution is -2.62. The van der Waals surface area contributed by atoms with Gasteiger partial charge in [-0.25, -0.2) is 0 Å². The third kappa shape index (κ3) is 2.59. The number of ether oxygens (including phenoxy) is 1. The van der Waals surface area contributed by atoms with Gasteiger partial charge in [-0.1, -0.05) is 37.3 Å². The first-order chi connectivity index (χ1) is 18.5. The van der Waals surface area contributed by atoms with Crippen LogP contribution in [0.25, 0.3) is 0 Å². The summed E-state index contributed by atoms with van der Waals surface area (Å²) in [6.45, 7) is 2.72. The molecule has 38 heavy (non-hydrogen) atoms. The molecule has 2 saturated heterocycles. The molecule has 3 aromatic rings. The van der Waals surface area contributed by atoms with Crippen LogP contribution in [0.3, 0.4) is 0 Å². The van der Waals surface area contributed by atoms with Gasteiger partial charge >= 0.3 is 0 Å². The highest BCUT2D eigenvalue weighted by molar-refractivity contribution is 6.21. The Balaban J connectivity index is 1.56. The fraction of sp³-hybridized carbons (Fsp3) is 0.323. The molecule has 4 atom stereocenters. The summed E-state index contributed by atoms with van der Waals surface area (Å²) in [7, 11) is 1.59. The molecule has 2 spiro atoms. The predicted octanol–water partition coefficient (Wildman–Crippen LogP) is 4.27. The Hall–Kier alpha value is -3.97. The van der Waals surface area contributed by atoms with Gasteiger partial charge in [0.15, 0.2) is 5.78 Å². The number of Topliss-reactive ketones (excluding diaryl/α,β-unsaturated/α-hetero) is 1. The average Bonchev–Trinajstić information content (AvgIpc) is 3.66. The van der Waals surface area contributed by atoms with E-state index in [9.17, 15) is 14.4 Å². The van der Waals surface area contributed by atoms with Crippen molar-refractivity contribution >= 4 is 29.0 Å². The summed E-state index contributed by atoms with van der Waals surface area (Å²) in [5, 5.41) is 6.21. The standard InChI is InChI=1S/C31H29N3O4/c1-3-18-10-15-24-22(17-18)31(29(37)33-24)30(21-7-4-5-8-23(21)32-28(30)36)26(25-9-6-16-34(25)31)27(35)19-11-13-20(38-2)14-12-19/h4-5,7-8,10-15,17,25-26H,3,6,9,16H2,1-2H3,(H,32,36)(H,33,37). The van der Waals surface area contributed by atoms with E-state index in [-0.39, 0.29) is 23.6 Å². The number of aryl methyl sites for hydroxylation is 1. The fourth-order valence-corrected chi connectivity index (χ4v) is 7.78. The Morgan fingerprint density at radius 3 is 2.47 bits per heavy atom. The van der Waals surface area contributed by atoms with Crippen molar-refractivity contribution in [2.75, 3.05) is 24.3 Å². The normalized spacial score (nSPS) is 28.8. The zero-order valence-electron chi connectivity index (χ0n) is 21.4. The van der Waals surface area contributed by atoms with E-state index in [1.807, 2.05) is 36.4 Å². The second-order valence-electron chi connectivity index (χ2n) is 10.7. The molecule has 0 bridgehead atoms. The zero-order valence-corrected chi connectivity index (χ0v) is 21.4. The minimum absolute atomic E-state index is 0.124. The van der Waals surface area contributed by atoms with Gasteiger partial charge in [0.05, 0.1) is 13.0 Å². The molecule has 0 aromatic heterocycles. The van der Waals surface area contributed by atoms with Crippen LogP contribution in [-0.4, -0.2) is 42.2 Å². The molecule has 7 heteroatoms. The summed E-state index contributed by atoms with van der Waals surface area (Å²) >= 11 is 0. The number of rotatable bonds is 4. The van der Waals surface area contributed by atoms with Crippen molar-refractivity contribution in [3.05, 3.63) is 89.0 Å². The number of nitrogens with zero attached hydrogens (tertiary/aromatic N) is 1. The maximum atomic E-state index is 14.6. The summed E-state index contributed by atoms with van der Waals surface area (Å²) in [6, 6.07) is 20.4. The third-order valence-electron chi connectivity index (χ3n) is 9.23. The van der Waals surface area contributed by atoms with E-state index in [4.69, 9.17) is 4.74 Å². The van der Waals surface area contributed by atoms with Gasteiger partial charge < -0.3 is 15.4 Å². The van der Waals surface area contributed by atoms with E-state index in [2.05, 4.69) is 28.5 Å². The summed E-state index contributed by atoms with van der Waals surface area (Å²) < 4.78 is 5.32. The highest BCUT2D eigenvalue weighted by Crippen LogP contribution is 2.67. The van der Waals surface area contributed by atoms with Crippen LogP contribution in [0.15, 0.2) is 66.7 Å². The monoisotopic (exact) mass is 507 g/mol. The Morgan fingerprint density at radius 1 is 0.974 bits per heavy atom. The predicted molar refractivity (Wildman–Crippen MR) is 143 cm³/mol. The van der Waals surface area contributed by atoms with E-state index in [1.54, 1.807) is 31.4 Å². The number of benzene rings is 3. The number of nitrogens with one attached hydrogen (secondary N) is 2. The van der Waals surface area contributed by atoms with Gasteiger partial charge in [-0.2, -0.15) is 0 Å². The first-order valence-corrected chi connectivity index (χ1v) is 13.3. The lowest BCUT2D eigenvalue weighted by molar-refractivity contribution is -0.137. The van der Waals surface area contributed by atoms with Crippen LogP contribution in [0.5, 0.6) is 5.75 Å². The SMILES string of the molecule is CCc1ccc2c(c1)C1(C(=O)N2)N2CCCC2C(C(=O)c2ccc(OC)cc2)C12C(=O)Nc1ccccc12. The van der Waals surface area contributed by atoms with Crippen molar-refractivity contribution in [3.8, 4) is 5.75 Å². The number of amides is 2. The number of anilines is 2. The number of carbonyl (C=O) groups excluding carboxylic acids is 3. The molecule has 2 amide bonds. The Labute approximate surface area is 221 Å². The minimum Gasteiger partial charge on any atom is -0.497 e. The smallest absolute Gasteiger partial charge is 0.251 e. The molecule has 4 unspecified atom stereocenters. The Morgan fingerprint density at radius 2 is 1.71 bits per heavy atom. The molecule has 0 saturated carbocycles. The number of methoxy groups -OCH3 is 1. The van der Waals surface area contributed by atoms with Crippen molar-refractivity contribution in [2.45, 2.75) is 43.2 Å². The van der Waals surface area contributed by atoms with Gasteiger partial charge in [-0.05, 0) is 73.3 Å². The van der Waals surface area contributed by atoms with Gasteiger partial charge in [0, 0.05) is 28.5 Å². The number of fused-ring (bicyclic) bond motifs is 7. The lowest BCUT2D eigenvalue weighted by atomic mass is 9.57. The number of hydrogen-bond donors (Lipinski definition) is 2. The highest BCUT2D eigenvalue weighted by atomic mass is 16.5. The molecule has 2 N–H and O–H groups in total. The molecule has 4 aliphatic rings. The van der Waals surface area contributed by atoms with Gasteiger partial charge in [0.2, 0.25) is 5.91 Å². The molecule has 0 radical (unpaired) electrons. The summed E-state index contributed by atoms with van der Waals surface area (Å²) in [4.78, 5) is 45.7. The number of hydrogen-bond acceptors (Lipinski definition) is 5. The molecule has 4 aliphatic heterocycles. The van der Waals surface area contributed by atoms with Crippen molar-refractivity contribution in [3.63, 3.8) is 0 Å². The maximum Gasteiger partial charge on any atom is 0.251 e. The molecule has 7 rings (SSSR count). The zero-order chi connectivity index (χ0) is 26.2.